The minimum absolute atomic E-state index is 0.0164. The van der Waals surface area contributed by atoms with Crippen LogP contribution >= 0.6 is 0 Å². The molecule has 1 heterocycles. The maximum Gasteiger partial charge on any atom is 0.251 e. The molecule has 0 bridgehead atoms. The molecule has 0 aliphatic carbocycles. The number of nitrogens with zero attached hydrogens (tertiary/aromatic N) is 2. The lowest BCUT2D eigenvalue weighted by Crippen LogP contribution is -2.34. The molecule has 1 aliphatic rings. The maximum atomic E-state index is 12.6. The zero-order valence-corrected chi connectivity index (χ0v) is 13.5. The van der Waals surface area contributed by atoms with Crippen LogP contribution in [0.3, 0.4) is 0 Å². The average Bonchev–Trinajstić information content (AvgIpc) is 2.94. The van der Waals surface area contributed by atoms with E-state index in [1.165, 1.54) is 5.56 Å². The molecule has 24 heavy (non-hydrogen) atoms. The van der Waals surface area contributed by atoms with E-state index in [0.29, 0.717) is 5.75 Å². The highest BCUT2D eigenvalue weighted by Gasteiger charge is 2.29. The van der Waals surface area contributed by atoms with Gasteiger partial charge in [0.2, 0.25) is 0 Å². The van der Waals surface area contributed by atoms with Crippen molar-refractivity contribution < 1.29 is 9.53 Å². The van der Waals surface area contributed by atoms with Gasteiger partial charge in [0.1, 0.15) is 11.8 Å². The standard InChI is InChI=1S/C20H18N2O2/c1-15-14-17-4-2-3-5-19(17)22(15)20(23)11-8-16-6-9-18(10-7-16)24-13-12-21/h2-11,15H,13-14H2,1H3. The molecule has 3 rings (SSSR count). The Morgan fingerprint density at radius 3 is 2.79 bits per heavy atom. The van der Waals surface area contributed by atoms with E-state index in [4.69, 9.17) is 10.00 Å². The van der Waals surface area contributed by atoms with Crippen molar-refractivity contribution in [3.05, 3.63) is 65.7 Å². The Morgan fingerprint density at radius 2 is 2.04 bits per heavy atom. The second-order valence-electron chi connectivity index (χ2n) is 5.74. The number of amides is 1. The van der Waals surface area contributed by atoms with Crippen LogP contribution in [0.5, 0.6) is 5.75 Å². The van der Waals surface area contributed by atoms with Crippen molar-refractivity contribution in [3.8, 4) is 11.8 Å². The molecular formula is C20H18N2O2. The highest BCUT2D eigenvalue weighted by Crippen LogP contribution is 2.32. The second-order valence-corrected chi connectivity index (χ2v) is 5.74. The summed E-state index contributed by atoms with van der Waals surface area (Å²) in [5.41, 5.74) is 3.12. The Labute approximate surface area is 141 Å². The molecule has 0 N–H and O–H groups in total. The third kappa shape index (κ3) is 3.31. The average molecular weight is 318 g/mol. The van der Waals surface area contributed by atoms with Gasteiger partial charge in [-0.05, 0) is 48.7 Å². The summed E-state index contributed by atoms with van der Waals surface area (Å²) < 4.78 is 5.21. The monoisotopic (exact) mass is 318 g/mol. The lowest BCUT2D eigenvalue weighted by atomic mass is 10.1. The van der Waals surface area contributed by atoms with Gasteiger partial charge in [0.05, 0.1) is 0 Å². The zero-order valence-electron chi connectivity index (χ0n) is 13.5. The number of anilines is 1. The number of hydrogen-bond acceptors (Lipinski definition) is 3. The molecule has 0 saturated carbocycles. The van der Waals surface area contributed by atoms with E-state index in [2.05, 4.69) is 13.0 Å². The number of rotatable bonds is 4. The third-order valence-corrected chi connectivity index (χ3v) is 4.05. The summed E-state index contributed by atoms with van der Waals surface area (Å²) in [7, 11) is 0. The fourth-order valence-corrected chi connectivity index (χ4v) is 2.94. The Hall–Kier alpha value is -3.06. The van der Waals surface area contributed by atoms with Gasteiger partial charge in [-0.3, -0.25) is 4.79 Å². The number of para-hydroxylation sites is 1. The number of carbonyl (C=O) groups excluding carboxylic acids is 1. The largest absolute Gasteiger partial charge is 0.479 e. The molecule has 4 heteroatoms. The SMILES string of the molecule is CC1Cc2ccccc2N1C(=O)C=Cc1ccc(OCC#N)cc1. The first-order valence-electron chi connectivity index (χ1n) is 7.88. The molecule has 1 atom stereocenters. The molecule has 2 aromatic rings. The van der Waals surface area contributed by atoms with Crippen molar-refractivity contribution in [2.75, 3.05) is 11.5 Å². The molecule has 0 radical (unpaired) electrons. The topological polar surface area (TPSA) is 53.3 Å². The molecule has 120 valence electrons. The summed E-state index contributed by atoms with van der Waals surface area (Å²) in [4.78, 5) is 14.4. The lowest BCUT2D eigenvalue weighted by Gasteiger charge is -2.20. The number of hydrogen-bond donors (Lipinski definition) is 0. The summed E-state index contributed by atoms with van der Waals surface area (Å²) in [5.74, 6) is 0.624. The van der Waals surface area contributed by atoms with Gasteiger partial charge in [-0.25, -0.2) is 0 Å². The first kappa shape index (κ1) is 15.8. The van der Waals surface area contributed by atoms with E-state index in [-0.39, 0.29) is 18.6 Å². The lowest BCUT2D eigenvalue weighted by molar-refractivity contribution is -0.114. The van der Waals surface area contributed by atoms with Gasteiger partial charge in [-0.2, -0.15) is 5.26 Å². The number of benzene rings is 2. The molecule has 0 aromatic heterocycles. The molecular weight excluding hydrogens is 300 g/mol. The molecule has 2 aromatic carbocycles. The highest BCUT2D eigenvalue weighted by molar-refractivity contribution is 6.05. The van der Waals surface area contributed by atoms with E-state index < -0.39 is 0 Å². The van der Waals surface area contributed by atoms with Gasteiger partial charge in [-0.1, -0.05) is 30.3 Å². The number of fused-ring (bicyclic) bond motifs is 1. The van der Waals surface area contributed by atoms with Crippen molar-refractivity contribution in [3.63, 3.8) is 0 Å². The van der Waals surface area contributed by atoms with Crippen LogP contribution in [0.1, 0.15) is 18.1 Å². The van der Waals surface area contributed by atoms with Gasteiger partial charge in [0, 0.05) is 17.8 Å². The minimum Gasteiger partial charge on any atom is -0.479 e. The van der Waals surface area contributed by atoms with Crippen LogP contribution in [0.2, 0.25) is 0 Å². The Bertz CT molecular complexity index is 803. The molecule has 0 saturated heterocycles. The van der Waals surface area contributed by atoms with E-state index in [1.54, 1.807) is 24.3 Å². The molecule has 4 nitrogen and oxygen atoms in total. The van der Waals surface area contributed by atoms with Crippen LogP contribution in [-0.4, -0.2) is 18.6 Å². The Kier molecular flexibility index (Phi) is 4.62. The van der Waals surface area contributed by atoms with Crippen LogP contribution in [-0.2, 0) is 11.2 Å². The van der Waals surface area contributed by atoms with Crippen molar-refractivity contribution in [1.29, 1.82) is 5.26 Å². The number of nitriles is 1. The van der Waals surface area contributed by atoms with Crippen LogP contribution in [0, 0.1) is 11.3 Å². The first-order valence-corrected chi connectivity index (χ1v) is 7.88. The Balaban J connectivity index is 1.71. The summed E-state index contributed by atoms with van der Waals surface area (Å²) in [6, 6.07) is 17.4. The van der Waals surface area contributed by atoms with Crippen molar-refractivity contribution >= 4 is 17.7 Å². The van der Waals surface area contributed by atoms with Gasteiger partial charge in [-0.15, -0.1) is 0 Å². The van der Waals surface area contributed by atoms with Gasteiger partial charge in [0.15, 0.2) is 6.61 Å². The van der Waals surface area contributed by atoms with Gasteiger partial charge in [0.25, 0.3) is 5.91 Å². The van der Waals surface area contributed by atoms with Crippen LogP contribution in [0.25, 0.3) is 6.08 Å². The van der Waals surface area contributed by atoms with E-state index in [9.17, 15) is 4.79 Å². The van der Waals surface area contributed by atoms with Crippen molar-refractivity contribution in [2.45, 2.75) is 19.4 Å². The predicted molar refractivity (Wildman–Crippen MR) is 93.7 cm³/mol. The number of ether oxygens (including phenoxy) is 1. The molecule has 1 aliphatic heterocycles. The molecule has 1 amide bonds. The van der Waals surface area contributed by atoms with Crippen LogP contribution < -0.4 is 9.64 Å². The third-order valence-electron chi connectivity index (χ3n) is 4.05. The van der Waals surface area contributed by atoms with Crippen molar-refractivity contribution in [1.82, 2.24) is 0 Å². The highest BCUT2D eigenvalue weighted by atomic mass is 16.5. The van der Waals surface area contributed by atoms with Crippen LogP contribution in [0.15, 0.2) is 54.6 Å². The summed E-state index contributed by atoms with van der Waals surface area (Å²) in [6.07, 6.45) is 4.29. The summed E-state index contributed by atoms with van der Waals surface area (Å²) >= 11 is 0. The van der Waals surface area contributed by atoms with Crippen LogP contribution in [0.4, 0.5) is 5.69 Å². The number of carbonyl (C=O) groups is 1. The summed E-state index contributed by atoms with van der Waals surface area (Å²) in [5, 5.41) is 8.49. The fourth-order valence-electron chi connectivity index (χ4n) is 2.94. The van der Waals surface area contributed by atoms with E-state index >= 15 is 0 Å². The van der Waals surface area contributed by atoms with E-state index in [1.807, 2.05) is 41.3 Å². The Morgan fingerprint density at radius 1 is 1.29 bits per heavy atom. The first-order chi connectivity index (χ1) is 11.7. The fraction of sp³-hybridized carbons (Fsp3) is 0.200. The normalized spacial score (nSPS) is 16.0. The molecule has 0 fully saturated rings. The molecule has 1 unspecified atom stereocenters. The zero-order chi connectivity index (χ0) is 16.9. The van der Waals surface area contributed by atoms with E-state index in [0.717, 1.165) is 17.7 Å². The molecule has 0 spiro atoms. The predicted octanol–water partition coefficient (Wildman–Crippen LogP) is 3.58. The quantitative estimate of drug-likeness (QED) is 0.810. The smallest absolute Gasteiger partial charge is 0.251 e. The summed E-state index contributed by atoms with van der Waals surface area (Å²) in [6.45, 7) is 2.09. The minimum atomic E-state index is -0.0164. The van der Waals surface area contributed by atoms with Gasteiger partial charge >= 0.3 is 0 Å². The maximum absolute atomic E-state index is 12.6. The van der Waals surface area contributed by atoms with Crippen molar-refractivity contribution in [2.24, 2.45) is 0 Å². The second kappa shape index (κ2) is 7.01. The van der Waals surface area contributed by atoms with Gasteiger partial charge < -0.3 is 9.64 Å².